The fraction of sp³-hybridized carbons (Fsp3) is 0.762. The van der Waals surface area contributed by atoms with Crippen molar-refractivity contribution in [3.05, 3.63) is 23.4 Å². The first-order valence-electron chi connectivity index (χ1n) is 10.4. The van der Waals surface area contributed by atoms with Crippen LogP contribution in [0.3, 0.4) is 0 Å². The van der Waals surface area contributed by atoms with Crippen molar-refractivity contribution in [3.8, 4) is 0 Å². The van der Waals surface area contributed by atoms with E-state index in [0.29, 0.717) is 6.04 Å². The second kappa shape index (κ2) is 9.00. The summed E-state index contributed by atoms with van der Waals surface area (Å²) in [5, 5.41) is 3.39. The molecule has 3 rings (SSSR count). The summed E-state index contributed by atoms with van der Waals surface area (Å²) in [4.78, 5) is 10.2. The van der Waals surface area contributed by atoms with E-state index in [1.54, 1.807) is 0 Å². The lowest BCUT2D eigenvalue weighted by Crippen LogP contribution is -2.57. The Balaban J connectivity index is 1.66. The van der Waals surface area contributed by atoms with Crippen molar-refractivity contribution in [2.45, 2.75) is 77.9 Å². The Kier molecular flexibility index (Phi) is 6.71. The highest BCUT2D eigenvalue weighted by Gasteiger charge is 2.32. The first kappa shape index (κ1) is 18.7. The van der Waals surface area contributed by atoms with E-state index in [9.17, 15) is 0 Å². The van der Waals surface area contributed by atoms with Crippen molar-refractivity contribution in [3.63, 3.8) is 0 Å². The number of rotatable bonds is 6. The molecule has 1 aromatic rings. The van der Waals surface area contributed by atoms with Crippen LogP contribution in [0.1, 0.15) is 63.5 Å². The quantitative estimate of drug-likeness (QED) is 0.852. The van der Waals surface area contributed by atoms with Gasteiger partial charge in [-0.2, -0.15) is 0 Å². The second-order valence-corrected chi connectivity index (χ2v) is 7.80. The number of pyridine rings is 1. The van der Waals surface area contributed by atoms with Crippen LogP contribution in [0, 0.1) is 6.92 Å². The first-order valence-corrected chi connectivity index (χ1v) is 10.4. The lowest BCUT2D eigenvalue weighted by Gasteiger charge is -2.46. The SMILES string of the molecule is CCNCc1cnc(N2CCN(C3CCCCC3)C(CC)C2)c(C)c1. The summed E-state index contributed by atoms with van der Waals surface area (Å²) in [6.07, 6.45) is 10.4. The summed E-state index contributed by atoms with van der Waals surface area (Å²) in [6, 6.07) is 3.82. The highest BCUT2D eigenvalue weighted by molar-refractivity contribution is 5.48. The Bertz CT molecular complexity index is 539. The molecule has 1 N–H and O–H groups in total. The van der Waals surface area contributed by atoms with Crippen LogP contribution < -0.4 is 10.2 Å². The molecule has 1 aliphatic heterocycles. The number of piperazine rings is 1. The third kappa shape index (κ3) is 4.53. The molecule has 1 aromatic heterocycles. The van der Waals surface area contributed by atoms with Gasteiger partial charge in [-0.1, -0.05) is 33.1 Å². The topological polar surface area (TPSA) is 31.4 Å². The molecule has 2 heterocycles. The molecule has 0 radical (unpaired) electrons. The summed E-state index contributed by atoms with van der Waals surface area (Å²) in [7, 11) is 0. The predicted octanol–water partition coefficient (Wildman–Crippen LogP) is 3.73. The minimum absolute atomic E-state index is 0.680. The molecule has 25 heavy (non-hydrogen) atoms. The van der Waals surface area contributed by atoms with Gasteiger partial charge in [0.15, 0.2) is 0 Å². The summed E-state index contributed by atoms with van der Waals surface area (Å²) >= 11 is 0. The molecule has 1 saturated carbocycles. The lowest BCUT2D eigenvalue weighted by molar-refractivity contribution is 0.0894. The molecule has 0 bridgehead atoms. The van der Waals surface area contributed by atoms with Gasteiger partial charge in [0.25, 0.3) is 0 Å². The summed E-state index contributed by atoms with van der Waals surface area (Å²) in [5.74, 6) is 1.20. The van der Waals surface area contributed by atoms with Gasteiger partial charge in [0.05, 0.1) is 0 Å². The zero-order valence-corrected chi connectivity index (χ0v) is 16.4. The van der Waals surface area contributed by atoms with Gasteiger partial charge in [-0.15, -0.1) is 0 Å². The van der Waals surface area contributed by atoms with E-state index in [0.717, 1.165) is 32.2 Å². The van der Waals surface area contributed by atoms with Gasteiger partial charge in [-0.05, 0) is 49.9 Å². The molecule has 0 spiro atoms. The molecule has 4 nitrogen and oxygen atoms in total. The average molecular weight is 345 g/mol. The van der Waals surface area contributed by atoms with Gasteiger partial charge in [-0.3, -0.25) is 4.90 Å². The van der Waals surface area contributed by atoms with Crippen LogP contribution in [-0.4, -0.2) is 48.1 Å². The van der Waals surface area contributed by atoms with E-state index in [4.69, 9.17) is 4.98 Å². The maximum Gasteiger partial charge on any atom is 0.131 e. The number of aromatic nitrogens is 1. The van der Waals surface area contributed by atoms with Crippen molar-refractivity contribution in [2.24, 2.45) is 0 Å². The van der Waals surface area contributed by atoms with Gasteiger partial charge >= 0.3 is 0 Å². The summed E-state index contributed by atoms with van der Waals surface area (Å²) in [6.45, 7) is 12.1. The molecule has 140 valence electrons. The van der Waals surface area contributed by atoms with E-state index >= 15 is 0 Å². The van der Waals surface area contributed by atoms with Crippen molar-refractivity contribution in [1.82, 2.24) is 15.2 Å². The molecule has 1 saturated heterocycles. The van der Waals surface area contributed by atoms with E-state index in [1.165, 1.54) is 62.0 Å². The minimum atomic E-state index is 0.680. The Morgan fingerprint density at radius 1 is 1.16 bits per heavy atom. The zero-order valence-electron chi connectivity index (χ0n) is 16.4. The highest BCUT2D eigenvalue weighted by atomic mass is 15.3. The maximum atomic E-state index is 4.83. The van der Waals surface area contributed by atoms with Crippen LogP contribution in [-0.2, 0) is 6.54 Å². The van der Waals surface area contributed by atoms with E-state index in [-0.39, 0.29) is 0 Å². The van der Waals surface area contributed by atoms with Gasteiger partial charge < -0.3 is 10.2 Å². The molecule has 1 atom stereocenters. The number of nitrogens with zero attached hydrogens (tertiary/aromatic N) is 3. The van der Waals surface area contributed by atoms with Gasteiger partial charge in [-0.25, -0.2) is 4.98 Å². The third-order valence-corrected chi connectivity index (χ3v) is 6.03. The number of nitrogens with one attached hydrogen (secondary N) is 1. The van der Waals surface area contributed by atoms with Crippen LogP contribution in [0.5, 0.6) is 0 Å². The highest BCUT2D eigenvalue weighted by Crippen LogP contribution is 2.29. The Labute approximate surface area is 154 Å². The molecule has 0 aromatic carbocycles. The fourth-order valence-corrected chi connectivity index (χ4v) is 4.64. The molecule has 4 heteroatoms. The molecule has 1 aliphatic carbocycles. The number of hydrogen-bond donors (Lipinski definition) is 1. The van der Waals surface area contributed by atoms with E-state index in [1.807, 2.05) is 0 Å². The van der Waals surface area contributed by atoms with Crippen LogP contribution in [0.4, 0.5) is 5.82 Å². The van der Waals surface area contributed by atoms with Crippen molar-refractivity contribution in [2.75, 3.05) is 31.1 Å². The van der Waals surface area contributed by atoms with E-state index < -0.39 is 0 Å². The Morgan fingerprint density at radius 3 is 2.64 bits per heavy atom. The second-order valence-electron chi connectivity index (χ2n) is 7.80. The standard InChI is InChI=1S/C21H36N4/c1-4-19-16-24(11-12-25(19)20-9-7-6-8-10-20)21-17(3)13-18(15-23-21)14-22-5-2/h13,15,19-20,22H,4-12,14,16H2,1-3H3. The molecule has 2 fully saturated rings. The van der Waals surface area contributed by atoms with Crippen molar-refractivity contribution < 1.29 is 0 Å². The summed E-state index contributed by atoms with van der Waals surface area (Å²) in [5.41, 5.74) is 2.60. The van der Waals surface area contributed by atoms with E-state index in [2.05, 4.69) is 48.2 Å². The van der Waals surface area contributed by atoms with Crippen LogP contribution in [0.2, 0.25) is 0 Å². The zero-order chi connectivity index (χ0) is 17.6. The molecular formula is C21H36N4. The van der Waals surface area contributed by atoms with Crippen LogP contribution in [0.15, 0.2) is 12.3 Å². The summed E-state index contributed by atoms with van der Waals surface area (Å²) < 4.78 is 0. The number of aryl methyl sites for hydroxylation is 1. The molecular weight excluding hydrogens is 308 g/mol. The fourth-order valence-electron chi connectivity index (χ4n) is 4.64. The molecule has 1 unspecified atom stereocenters. The average Bonchev–Trinajstić information content (AvgIpc) is 2.66. The normalized spacial score (nSPS) is 23.2. The molecule has 2 aliphatic rings. The minimum Gasteiger partial charge on any atom is -0.354 e. The monoisotopic (exact) mass is 344 g/mol. The smallest absolute Gasteiger partial charge is 0.131 e. The van der Waals surface area contributed by atoms with Gasteiger partial charge in [0.2, 0.25) is 0 Å². The number of anilines is 1. The van der Waals surface area contributed by atoms with Crippen molar-refractivity contribution >= 4 is 5.82 Å². The van der Waals surface area contributed by atoms with Crippen molar-refractivity contribution in [1.29, 1.82) is 0 Å². The number of hydrogen-bond acceptors (Lipinski definition) is 4. The largest absolute Gasteiger partial charge is 0.354 e. The van der Waals surface area contributed by atoms with Gasteiger partial charge in [0, 0.05) is 44.5 Å². The van der Waals surface area contributed by atoms with Gasteiger partial charge in [0.1, 0.15) is 5.82 Å². The van der Waals surface area contributed by atoms with Crippen LogP contribution in [0.25, 0.3) is 0 Å². The Morgan fingerprint density at radius 2 is 1.96 bits per heavy atom. The lowest BCUT2D eigenvalue weighted by atomic mass is 9.92. The third-order valence-electron chi connectivity index (χ3n) is 6.03. The first-order chi connectivity index (χ1) is 12.2. The maximum absolute atomic E-state index is 4.83. The Hall–Kier alpha value is -1.13. The van der Waals surface area contributed by atoms with Crippen LogP contribution >= 0.6 is 0 Å². The molecule has 0 amide bonds. The predicted molar refractivity (Wildman–Crippen MR) is 106 cm³/mol.